The Morgan fingerprint density at radius 1 is 1.17 bits per heavy atom. The molecular weight excluding hydrogens is 360 g/mol. The molecule has 5 nitrogen and oxygen atoms in total. The van der Waals surface area contributed by atoms with Gasteiger partial charge in [-0.15, -0.1) is 0 Å². The van der Waals surface area contributed by atoms with Gasteiger partial charge in [-0.1, -0.05) is 46.3 Å². The van der Waals surface area contributed by atoms with Gasteiger partial charge in [0, 0.05) is 22.5 Å². The van der Waals surface area contributed by atoms with Crippen LogP contribution in [0.15, 0.2) is 48.5 Å². The van der Waals surface area contributed by atoms with E-state index < -0.39 is 0 Å². The standard InChI is InChI=1S/C17H15BrN2O3/c18-6-7-23-11-12-8-14-10-15(13-4-2-1-3-5-13)19-17(14)16(9-12)20(21)22/h1-5,8-10,19H,6-7,11H2. The summed E-state index contributed by atoms with van der Waals surface area (Å²) < 4.78 is 5.46. The van der Waals surface area contributed by atoms with Crippen LogP contribution >= 0.6 is 15.9 Å². The van der Waals surface area contributed by atoms with Crippen molar-refractivity contribution in [3.63, 3.8) is 0 Å². The molecule has 1 N–H and O–H groups in total. The van der Waals surface area contributed by atoms with Crippen molar-refractivity contribution in [3.8, 4) is 11.3 Å². The van der Waals surface area contributed by atoms with Crippen LogP contribution in [-0.2, 0) is 11.3 Å². The predicted molar refractivity (Wildman–Crippen MR) is 93.8 cm³/mol. The Morgan fingerprint density at radius 2 is 1.96 bits per heavy atom. The monoisotopic (exact) mass is 374 g/mol. The molecule has 0 radical (unpaired) electrons. The van der Waals surface area contributed by atoms with E-state index in [9.17, 15) is 10.1 Å². The predicted octanol–water partition coefficient (Wildman–Crippen LogP) is 4.65. The van der Waals surface area contributed by atoms with Gasteiger partial charge in [0.05, 0.1) is 18.1 Å². The van der Waals surface area contributed by atoms with E-state index in [1.54, 1.807) is 6.07 Å². The van der Waals surface area contributed by atoms with Crippen molar-refractivity contribution in [1.82, 2.24) is 4.98 Å². The molecular formula is C17H15BrN2O3. The minimum atomic E-state index is -0.360. The third-order valence-electron chi connectivity index (χ3n) is 3.54. The highest BCUT2D eigenvalue weighted by Gasteiger charge is 2.17. The van der Waals surface area contributed by atoms with Crippen molar-refractivity contribution in [1.29, 1.82) is 0 Å². The van der Waals surface area contributed by atoms with Crippen LogP contribution in [0.4, 0.5) is 5.69 Å². The maximum Gasteiger partial charge on any atom is 0.293 e. The van der Waals surface area contributed by atoms with Crippen molar-refractivity contribution in [2.24, 2.45) is 0 Å². The van der Waals surface area contributed by atoms with Gasteiger partial charge in [0.1, 0.15) is 5.52 Å². The van der Waals surface area contributed by atoms with Crippen molar-refractivity contribution >= 4 is 32.5 Å². The summed E-state index contributed by atoms with van der Waals surface area (Å²) in [5, 5.41) is 12.9. The maximum atomic E-state index is 11.4. The summed E-state index contributed by atoms with van der Waals surface area (Å²) in [6.45, 7) is 0.919. The molecule has 3 aromatic rings. The first-order valence-electron chi connectivity index (χ1n) is 7.18. The van der Waals surface area contributed by atoms with Gasteiger partial charge in [0.15, 0.2) is 0 Å². The van der Waals surface area contributed by atoms with Crippen LogP contribution in [0, 0.1) is 10.1 Å². The Kier molecular flexibility index (Phi) is 4.73. The molecule has 0 aliphatic heterocycles. The minimum Gasteiger partial charge on any atom is -0.376 e. The minimum absolute atomic E-state index is 0.0714. The van der Waals surface area contributed by atoms with Gasteiger partial charge in [0.25, 0.3) is 5.69 Å². The van der Waals surface area contributed by atoms with Crippen molar-refractivity contribution in [3.05, 3.63) is 64.2 Å². The van der Waals surface area contributed by atoms with Crippen LogP contribution in [0.5, 0.6) is 0 Å². The molecule has 3 rings (SSSR count). The molecule has 0 aliphatic carbocycles. The number of nitrogens with zero attached hydrogens (tertiary/aromatic N) is 1. The summed E-state index contributed by atoms with van der Waals surface area (Å²) in [6.07, 6.45) is 0. The van der Waals surface area contributed by atoms with Crippen molar-refractivity contribution in [2.75, 3.05) is 11.9 Å². The number of hydrogen-bond acceptors (Lipinski definition) is 3. The fraction of sp³-hybridized carbons (Fsp3) is 0.176. The summed E-state index contributed by atoms with van der Waals surface area (Å²) in [5.41, 5.74) is 3.27. The topological polar surface area (TPSA) is 68.2 Å². The first-order valence-corrected chi connectivity index (χ1v) is 8.30. The Balaban J connectivity index is 2.05. The number of non-ortho nitro benzene ring substituents is 1. The number of ether oxygens (including phenoxy) is 1. The third-order valence-corrected chi connectivity index (χ3v) is 3.86. The zero-order valence-corrected chi connectivity index (χ0v) is 13.9. The Bertz CT molecular complexity index is 830. The summed E-state index contributed by atoms with van der Waals surface area (Å²) in [4.78, 5) is 14.2. The summed E-state index contributed by atoms with van der Waals surface area (Å²) in [6, 6.07) is 15.2. The second kappa shape index (κ2) is 6.93. The van der Waals surface area contributed by atoms with E-state index in [2.05, 4.69) is 20.9 Å². The molecule has 1 aromatic heterocycles. The van der Waals surface area contributed by atoms with Gasteiger partial charge in [-0.05, 0) is 23.3 Å². The first-order chi connectivity index (χ1) is 11.2. The third kappa shape index (κ3) is 3.43. The summed E-state index contributed by atoms with van der Waals surface area (Å²) >= 11 is 3.29. The van der Waals surface area contributed by atoms with Crippen LogP contribution in [-0.4, -0.2) is 21.8 Å². The highest BCUT2D eigenvalue weighted by molar-refractivity contribution is 9.09. The lowest BCUT2D eigenvalue weighted by molar-refractivity contribution is -0.383. The molecule has 118 valence electrons. The lowest BCUT2D eigenvalue weighted by atomic mass is 10.1. The average molecular weight is 375 g/mol. The molecule has 0 unspecified atom stereocenters. The van der Waals surface area contributed by atoms with E-state index in [1.807, 2.05) is 42.5 Å². The first kappa shape index (κ1) is 15.7. The number of rotatable bonds is 6. The number of aromatic amines is 1. The molecule has 0 aliphatic rings. The lowest BCUT2D eigenvalue weighted by Gasteiger charge is -2.03. The SMILES string of the molecule is O=[N+]([O-])c1cc(COCCBr)cc2cc(-c3ccccc3)[nH]c12. The number of H-pyrrole nitrogens is 1. The van der Waals surface area contributed by atoms with E-state index in [1.165, 1.54) is 0 Å². The van der Waals surface area contributed by atoms with Gasteiger partial charge in [0.2, 0.25) is 0 Å². The fourth-order valence-electron chi connectivity index (χ4n) is 2.53. The second-order valence-corrected chi connectivity index (χ2v) is 5.92. The Morgan fingerprint density at radius 3 is 2.65 bits per heavy atom. The van der Waals surface area contributed by atoms with E-state index in [0.29, 0.717) is 18.7 Å². The van der Waals surface area contributed by atoms with Crippen LogP contribution in [0.25, 0.3) is 22.2 Å². The number of fused-ring (bicyclic) bond motifs is 1. The van der Waals surface area contributed by atoms with Gasteiger partial charge in [-0.25, -0.2) is 0 Å². The fourth-order valence-corrected chi connectivity index (χ4v) is 2.76. The normalized spacial score (nSPS) is 11.0. The van der Waals surface area contributed by atoms with E-state index in [4.69, 9.17) is 4.74 Å². The number of benzene rings is 2. The number of nitro groups is 1. The number of hydrogen-bond donors (Lipinski definition) is 1. The molecule has 0 spiro atoms. The molecule has 0 atom stereocenters. The lowest BCUT2D eigenvalue weighted by Crippen LogP contribution is -1.98. The number of nitrogens with one attached hydrogen (secondary N) is 1. The van der Waals surface area contributed by atoms with Crippen LogP contribution < -0.4 is 0 Å². The molecule has 0 saturated heterocycles. The van der Waals surface area contributed by atoms with Gasteiger partial charge >= 0.3 is 0 Å². The van der Waals surface area contributed by atoms with E-state index in [0.717, 1.165) is 27.5 Å². The smallest absolute Gasteiger partial charge is 0.293 e. The Labute approximate surface area is 141 Å². The molecule has 6 heteroatoms. The van der Waals surface area contributed by atoms with Gasteiger partial charge < -0.3 is 9.72 Å². The highest BCUT2D eigenvalue weighted by Crippen LogP contribution is 2.31. The summed E-state index contributed by atoms with van der Waals surface area (Å²) in [5.74, 6) is 0. The van der Waals surface area contributed by atoms with Crippen molar-refractivity contribution in [2.45, 2.75) is 6.61 Å². The summed E-state index contributed by atoms with van der Waals surface area (Å²) in [7, 11) is 0. The molecule has 0 saturated carbocycles. The number of halogens is 1. The quantitative estimate of drug-likeness (QED) is 0.295. The van der Waals surface area contributed by atoms with Crippen LogP contribution in [0.1, 0.15) is 5.56 Å². The van der Waals surface area contributed by atoms with Crippen LogP contribution in [0.2, 0.25) is 0 Å². The molecule has 1 heterocycles. The van der Waals surface area contributed by atoms with Crippen LogP contribution in [0.3, 0.4) is 0 Å². The molecule has 0 fully saturated rings. The molecule has 0 bridgehead atoms. The largest absolute Gasteiger partial charge is 0.376 e. The van der Waals surface area contributed by atoms with Gasteiger partial charge in [-0.2, -0.15) is 0 Å². The average Bonchev–Trinajstić information content (AvgIpc) is 2.99. The molecule has 23 heavy (non-hydrogen) atoms. The van der Waals surface area contributed by atoms with E-state index >= 15 is 0 Å². The van der Waals surface area contributed by atoms with Crippen molar-refractivity contribution < 1.29 is 9.66 Å². The van der Waals surface area contributed by atoms with Gasteiger partial charge in [-0.3, -0.25) is 10.1 Å². The number of alkyl halides is 1. The number of nitro benzene ring substituents is 1. The number of aromatic nitrogens is 1. The zero-order valence-electron chi connectivity index (χ0n) is 12.3. The molecule has 0 amide bonds. The van der Waals surface area contributed by atoms with E-state index in [-0.39, 0.29) is 10.6 Å². The molecule has 2 aromatic carbocycles. The second-order valence-electron chi connectivity index (χ2n) is 5.13. The Hall–Kier alpha value is -2.18. The zero-order chi connectivity index (χ0) is 16.2. The highest BCUT2D eigenvalue weighted by atomic mass is 79.9. The maximum absolute atomic E-state index is 11.4.